The van der Waals surface area contributed by atoms with Gasteiger partial charge in [0.15, 0.2) is 0 Å². The molecule has 0 fully saturated rings. The number of nitrogens with one attached hydrogen (secondary N) is 2. The predicted octanol–water partition coefficient (Wildman–Crippen LogP) is 5.90. The molecule has 0 aliphatic heterocycles. The van der Waals surface area contributed by atoms with Gasteiger partial charge in [-0.15, -0.1) is 0 Å². The van der Waals surface area contributed by atoms with Crippen LogP contribution in [0.4, 0.5) is 16.3 Å². The Morgan fingerprint density at radius 1 is 1.08 bits per heavy atom. The lowest BCUT2D eigenvalue weighted by atomic mass is 9.92. The van der Waals surface area contributed by atoms with Crippen LogP contribution in [0.25, 0.3) is 5.69 Å². The van der Waals surface area contributed by atoms with Crippen LogP contribution in [-0.2, 0) is 14.9 Å². The Kier molecular flexibility index (Phi) is 9.00. The van der Waals surface area contributed by atoms with E-state index in [9.17, 15) is 9.59 Å². The Bertz CT molecular complexity index is 1240. The number of carbonyl (C=O) groups is 2. The van der Waals surface area contributed by atoms with E-state index in [1.807, 2.05) is 37.3 Å². The van der Waals surface area contributed by atoms with Gasteiger partial charge in [-0.3, -0.25) is 4.79 Å². The van der Waals surface area contributed by atoms with Crippen LogP contribution in [0, 0.1) is 6.92 Å². The highest BCUT2D eigenvalue weighted by Gasteiger charge is 2.23. The average molecular weight is 532 g/mol. The highest BCUT2D eigenvalue weighted by molar-refractivity contribution is 6.43. The number of nitrogens with zero attached hydrogens (tertiary/aromatic N) is 3. The van der Waals surface area contributed by atoms with Crippen LogP contribution in [0.2, 0.25) is 10.0 Å². The topological polar surface area (TPSA) is 88.5 Å². The molecule has 10 heteroatoms. The van der Waals surface area contributed by atoms with Crippen molar-refractivity contribution in [2.75, 3.05) is 37.4 Å². The molecule has 192 valence electrons. The monoisotopic (exact) mass is 531 g/mol. The summed E-state index contributed by atoms with van der Waals surface area (Å²) in [7, 11) is 1.53. The van der Waals surface area contributed by atoms with Gasteiger partial charge in [-0.25, -0.2) is 9.48 Å². The van der Waals surface area contributed by atoms with Gasteiger partial charge in [0.1, 0.15) is 12.4 Å². The number of benzene rings is 2. The van der Waals surface area contributed by atoms with Gasteiger partial charge in [0.05, 0.1) is 33.7 Å². The van der Waals surface area contributed by atoms with Crippen LogP contribution < -0.4 is 10.6 Å². The molecule has 3 aromatic rings. The van der Waals surface area contributed by atoms with Gasteiger partial charge in [-0.1, -0.05) is 62.2 Å². The first kappa shape index (κ1) is 27.5. The van der Waals surface area contributed by atoms with Crippen molar-refractivity contribution < 1.29 is 14.3 Å². The molecule has 0 spiro atoms. The normalized spacial score (nSPS) is 11.3. The fourth-order valence-electron chi connectivity index (χ4n) is 3.40. The number of carbonyl (C=O) groups excluding carboxylic acids is 2. The first-order valence-electron chi connectivity index (χ1n) is 11.5. The van der Waals surface area contributed by atoms with E-state index in [1.54, 1.807) is 22.9 Å². The fraction of sp³-hybridized carbons (Fsp3) is 0.346. The molecule has 0 bridgehead atoms. The summed E-state index contributed by atoms with van der Waals surface area (Å²) in [5.74, 6) is 0.133. The number of aryl methyl sites for hydroxylation is 1. The molecule has 0 aliphatic carbocycles. The maximum atomic E-state index is 13.1. The Hall–Kier alpha value is -3.07. The Labute approximate surface area is 221 Å². The van der Waals surface area contributed by atoms with E-state index in [0.717, 1.165) is 16.9 Å². The molecular weight excluding hydrogens is 501 g/mol. The number of aromatic nitrogens is 2. The molecule has 0 saturated heterocycles. The van der Waals surface area contributed by atoms with Crippen molar-refractivity contribution in [1.82, 2.24) is 14.7 Å². The third kappa shape index (κ3) is 7.00. The molecule has 2 N–H and O–H groups in total. The summed E-state index contributed by atoms with van der Waals surface area (Å²) in [5, 5.41) is 10.9. The molecule has 1 aromatic heterocycles. The lowest BCUT2D eigenvalue weighted by Crippen LogP contribution is -2.42. The summed E-state index contributed by atoms with van der Waals surface area (Å²) in [6.07, 6.45) is 0. The van der Waals surface area contributed by atoms with Gasteiger partial charge in [0, 0.05) is 25.1 Å². The number of amides is 3. The molecular formula is C26H31Cl2N5O3. The van der Waals surface area contributed by atoms with E-state index in [0.29, 0.717) is 16.5 Å². The summed E-state index contributed by atoms with van der Waals surface area (Å²) < 4.78 is 6.83. The highest BCUT2D eigenvalue weighted by Crippen LogP contribution is 2.30. The second-order valence-corrected chi connectivity index (χ2v) is 10.2. The lowest BCUT2D eigenvalue weighted by molar-refractivity contribution is -0.116. The zero-order chi connectivity index (χ0) is 26.5. The first-order chi connectivity index (χ1) is 17.0. The first-order valence-corrected chi connectivity index (χ1v) is 12.2. The molecule has 0 saturated carbocycles. The van der Waals surface area contributed by atoms with E-state index >= 15 is 0 Å². The minimum absolute atomic E-state index is 0.193. The molecule has 0 aliphatic rings. The van der Waals surface area contributed by atoms with Gasteiger partial charge in [-0.2, -0.15) is 5.10 Å². The Morgan fingerprint density at radius 2 is 1.81 bits per heavy atom. The van der Waals surface area contributed by atoms with Crippen LogP contribution in [-0.4, -0.2) is 53.4 Å². The molecule has 1 heterocycles. The molecule has 36 heavy (non-hydrogen) atoms. The van der Waals surface area contributed by atoms with E-state index in [2.05, 4.69) is 31.4 Å². The minimum atomic E-state index is -0.506. The largest absolute Gasteiger partial charge is 0.383 e. The second-order valence-electron chi connectivity index (χ2n) is 9.41. The zero-order valence-electron chi connectivity index (χ0n) is 21.1. The fourth-order valence-corrected chi connectivity index (χ4v) is 3.75. The number of methoxy groups -OCH3 is 1. The second kappa shape index (κ2) is 11.8. The molecule has 0 atom stereocenters. The third-order valence-corrected chi connectivity index (χ3v) is 6.19. The zero-order valence-corrected chi connectivity index (χ0v) is 22.6. The predicted molar refractivity (Wildman–Crippen MR) is 145 cm³/mol. The van der Waals surface area contributed by atoms with E-state index in [-0.39, 0.29) is 36.0 Å². The van der Waals surface area contributed by atoms with Crippen LogP contribution in [0.3, 0.4) is 0 Å². The summed E-state index contributed by atoms with van der Waals surface area (Å²) in [6.45, 7) is 8.39. The van der Waals surface area contributed by atoms with Crippen molar-refractivity contribution in [3.05, 3.63) is 69.8 Å². The molecule has 3 amide bonds. The maximum absolute atomic E-state index is 13.1. The number of rotatable bonds is 8. The SMILES string of the molecule is COCCN(CC(=O)Nc1cc(C(C)(C)C)nn1-c1cccc(C)c1)C(=O)Nc1cccc(Cl)c1Cl. The van der Waals surface area contributed by atoms with Crippen molar-refractivity contribution in [2.24, 2.45) is 0 Å². The van der Waals surface area contributed by atoms with Crippen molar-refractivity contribution in [3.63, 3.8) is 0 Å². The summed E-state index contributed by atoms with van der Waals surface area (Å²) in [5.41, 5.74) is 2.84. The number of hydrogen-bond donors (Lipinski definition) is 2. The third-order valence-electron chi connectivity index (χ3n) is 5.37. The highest BCUT2D eigenvalue weighted by atomic mass is 35.5. The van der Waals surface area contributed by atoms with E-state index in [4.69, 9.17) is 33.0 Å². The Morgan fingerprint density at radius 3 is 2.47 bits per heavy atom. The number of ether oxygens (including phenoxy) is 1. The maximum Gasteiger partial charge on any atom is 0.322 e. The lowest BCUT2D eigenvalue weighted by Gasteiger charge is -2.23. The average Bonchev–Trinajstić information content (AvgIpc) is 3.24. The standard InChI is InChI=1S/C26H31Cl2N5O3/c1-17-8-6-9-18(14-17)33-22(15-21(31-33)26(2,3)4)30-23(34)16-32(12-13-36-5)25(35)29-20-11-7-10-19(27)24(20)28/h6-11,14-15H,12-13,16H2,1-5H3,(H,29,35)(H,30,34). The molecule has 8 nitrogen and oxygen atoms in total. The minimum Gasteiger partial charge on any atom is -0.383 e. The molecule has 0 unspecified atom stereocenters. The number of hydrogen-bond acceptors (Lipinski definition) is 4. The molecule has 2 aromatic carbocycles. The van der Waals surface area contributed by atoms with Crippen molar-refractivity contribution >= 4 is 46.6 Å². The quantitative estimate of drug-likeness (QED) is 0.378. The van der Waals surface area contributed by atoms with Gasteiger partial charge in [-0.05, 0) is 36.8 Å². The van der Waals surface area contributed by atoms with Gasteiger partial charge in [0.2, 0.25) is 5.91 Å². The molecule has 0 radical (unpaired) electrons. The number of urea groups is 1. The van der Waals surface area contributed by atoms with Crippen LogP contribution in [0.5, 0.6) is 0 Å². The number of halogens is 2. The van der Waals surface area contributed by atoms with Crippen LogP contribution in [0.15, 0.2) is 48.5 Å². The van der Waals surface area contributed by atoms with Crippen LogP contribution >= 0.6 is 23.2 Å². The number of anilines is 2. The van der Waals surface area contributed by atoms with E-state index in [1.165, 1.54) is 12.0 Å². The summed E-state index contributed by atoms with van der Waals surface area (Å²) >= 11 is 12.3. The van der Waals surface area contributed by atoms with Gasteiger partial charge < -0.3 is 20.3 Å². The summed E-state index contributed by atoms with van der Waals surface area (Å²) in [4.78, 5) is 27.4. The van der Waals surface area contributed by atoms with Gasteiger partial charge in [0.25, 0.3) is 0 Å². The van der Waals surface area contributed by atoms with Crippen molar-refractivity contribution in [3.8, 4) is 5.69 Å². The smallest absolute Gasteiger partial charge is 0.322 e. The molecule has 3 rings (SSSR count). The van der Waals surface area contributed by atoms with Gasteiger partial charge >= 0.3 is 6.03 Å². The summed E-state index contributed by atoms with van der Waals surface area (Å²) in [6, 6.07) is 14.1. The van der Waals surface area contributed by atoms with Crippen molar-refractivity contribution in [1.29, 1.82) is 0 Å². The van der Waals surface area contributed by atoms with Crippen molar-refractivity contribution in [2.45, 2.75) is 33.1 Å². The van der Waals surface area contributed by atoms with E-state index < -0.39 is 6.03 Å². The Balaban J connectivity index is 1.82. The van der Waals surface area contributed by atoms with Crippen LogP contribution in [0.1, 0.15) is 32.0 Å².